The number of morpholine rings is 1. The molecule has 31 heavy (non-hydrogen) atoms. The molecule has 4 heterocycles. The van der Waals surface area contributed by atoms with E-state index in [1.807, 2.05) is 4.57 Å². The van der Waals surface area contributed by atoms with Crippen molar-refractivity contribution in [1.82, 2.24) is 24.6 Å². The van der Waals surface area contributed by atoms with Gasteiger partial charge in [-0.05, 0) is 18.9 Å². The van der Waals surface area contributed by atoms with Crippen LogP contribution in [-0.4, -0.2) is 69.9 Å². The van der Waals surface area contributed by atoms with Crippen molar-refractivity contribution in [2.24, 2.45) is 0 Å². The number of thiazole rings is 1. The lowest BCUT2D eigenvalue weighted by molar-refractivity contribution is 0.0376. The number of fused-ring (bicyclic) bond motifs is 2. The number of aromatic nitrogens is 4. The number of ether oxygens (including phenoxy) is 1. The average molecular weight is 448 g/mol. The first-order valence-corrected chi connectivity index (χ1v) is 11.2. The van der Waals surface area contributed by atoms with Gasteiger partial charge in [0.15, 0.2) is 10.9 Å². The van der Waals surface area contributed by atoms with Gasteiger partial charge in [-0.15, -0.1) is 10.2 Å². The van der Waals surface area contributed by atoms with Gasteiger partial charge in [0.1, 0.15) is 17.2 Å². The lowest BCUT2D eigenvalue weighted by Crippen LogP contribution is -2.39. The molecular formula is C20H22F2N6O2S. The lowest BCUT2D eigenvalue weighted by Gasteiger charge is -2.27. The molecule has 3 aromatic rings. The Morgan fingerprint density at radius 1 is 1.19 bits per heavy atom. The molecule has 2 aromatic heterocycles. The second-order valence-electron chi connectivity index (χ2n) is 7.69. The fraction of sp³-hybridized carbons (Fsp3) is 0.500. The van der Waals surface area contributed by atoms with Crippen LogP contribution in [0.2, 0.25) is 0 Å². The minimum Gasteiger partial charge on any atom is -0.379 e. The first-order chi connectivity index (χ1) is 15.1. The summed E-state index contributed by atoms with van der Waals surface area (Å²) in [6.07, 6.45) is 2.43. The van der Waals surface area contributed by atoms with E-state index in [1.54, 1.807) is 0 Å². The summed E-state index contributed by atoms with van der Waals surface area (Å²) in [6.45, 7) is 5.02. The second kappa shape index (κ2) is 8.56. The molecule has 11 heteroatoms. The molecule has 8 nitrogen and oxygen atoms in total. The number of benzene rings is 1. The van der Waals surface area contributed by atoms with Gasteiger partial charge in [-0.25, -0.2) is 13.8 Å². The minimum atomic E-state index is -0.735. The van der Waals surface area contributed by atoms with E-state index in [4.69, 9.17) is 4.74 Å². The zero-order valence-electron chi connectivity index (χ0n) is 16.9. The predicted molar refractivity (Wildman–Crippen MR) is 111 cm³/mol. The van der Waals surface area contributed by atoms with Crippen LogP contribution in [0.4, 0.5) is 13.9 Å². The number of aryl methyl sites for hydroxylation is 1. The van der Waals surface area contributed by atoms with Crippen molar-refractivity contribution >= 4 is 32.6 Å². The SMILES string of the molecule is O=C(c1nnc2n1CCC2)N(CCCN1CCOCC1)c1nc2c(F)cc(F)cc2s1. The van der Waals surface area contributed by atoms with E-state index in [-0.39, 0.29) is 17.2 Å². The van der Waals surface area contributed by atoms with Gasteiger partial charge in [0.25, 0.3) is 5.91 Å². The lowest BCUT2D eigenvalue weighted by atomic mass is 10.3. The third-order valence-electron chi connectivity index (χ3n) is 5.64. The third kappa shape index (κ3) is 4.04. The van der Waals surface area contributed by atoms with E-state index in [2.05, 4.69) is 20.1 Å². The van der Waals surface area contributed by atoms with Gasteiger partial charge in [0.2, 0.25) is 5.82 Å². The van der Waals surface area contributed by atoms with Crippen LogP contribution in [0.5, 0.6) is 0 Å². The Labute approximate surface area is 181 Å². The van der Waals surface area contributed by atoms with Crippen LogP contribution in [0.25, 0.3) is 10.2 Å². The van der Waals surface area contributed by atoms with Crippen molar-refractivity contribution in [3.63, 3.8) is 0 Å². The molecule has 2 aliphatic heterocycles. The summed E-state index contributed by atoms with van der Waals surface area (Å²) in [5, 5.41) is 8.57. The van der Waals surface area contributed by atoms with Crippen LogP contribution in [0.15, 0.2) is 12.1 Å². The van der Waals surface area contributed by atoms with Crippen LogP contribution in [0, 0.1) is 11.6 Å². The third-order valence-corrected chi connectivity index (χ3v) is 6.66. The summed E-state index contributed by atoms with van der Waals surface area (Å²) in [5.41, 5.74) is 0.0684. The summed E-state index contributed by atoms with van der Waals surface area (Å²) >= 11 is 1.10. The molecule has 1 aromatic carbocycles. The minimum absolute atomic E-state index is 0.0684. The van der Waals surface area contributed by atoms with Gasteiger partial charge in [-0.2, -0.15) is 0 Å². The highest BCUT2D eigenvalue weighted by atomic mass is 32.1. The second-order valence-corrected chi connectivity index (χ2v) is 8.70. The molecule has 0 atom stereocenters. The maximum absolute atomic E-state index is 14.2. The fourth-order valence-corrected chi connectivity index (χ4v) is 5.08. The molecule has 0 saturated carbocycles. The Hall–Kier alpha value is -2.50. The largest absolute Gasteiger partial charge is 0.379 e. The van der Waals surface area contributed by atoms with Crippen LogP contribution in [0.3, 0.4) is 0 Å². The Morgan fingerprint density at radius 2 is 2.03 bits per heavy atom. The Morgan fingerprint density at radius 3 is 2.87 bits per heavy atom. The smallest absolute Gasteiger partial charge is 0.298 e. The van der Waals surface area contributed by atoms with E-state index in [9.17, 15) is 13.6 Å². The molecule has 164 valence electrons. The Kier molecular flexibility index (Phi) is 5.63. The highest BCUT2D eigenvalue weighted by Crippen LogP contribution is 2.32. The van der Waals surface area contributed by atoms with Crippen molar-refractivity contribution in [1.29, 1.82) is 0 Å². The molecule has 0 spiro atoms. The van der Waals surface area contributed by atoms with Crippen LogP contribution in [0.1, 0.15) is 29.3 Å². The summed E-state index contributed by atoms with van der Waals surface area (Å²) in [6, 6.07) is 2.05. The molecule has 0 aliphatic carbocycles. The van der Waals surface area contributed by atoms with Crippen molar-refractivity contribution in [3.05, 3.63) is 35.4 Å². The highest BCUT2D eigenvalue weighted by molar-refractivity contribution is 7.22. The molecule has 1 amide bonds. The molecule has 0 unspecified atom stereocenters. The van der Waals surface area contributed by atoms with Gasteiger partial charge in [0.05, 0.1) is 17.9 Å². The fourth-order valence-electron chi connectivity index (χ4n) is 4.05. The number of hydrogen-bond donors (Lipinski definition) is 0. The Bertz CT molecular complexity index is 1110. The molecule has 0 N–H and O–H groups in total. The number of amides is 1. The zero-order chi connectivity index (χ0) is 21.4. The van der Waals surface area contributed by atoms with Crippen molar-refractivity contribution in [2.45, 2.75) is 25.8 Å². The normalized spacial score (nSPS) is 16.7. The monoisotopic (exact) mass is 448 g/mol. The number of halogens is 2. The standard InChI is InChI=1S/C20H22F2N6O2S/c21-13-11-14(22)17-15(12-13)31-20(23-17)28(6-2-4-26-7-9-30-10-8-26)19(29)18-25-24-16-3-1-5-27(16)18/h11-12H,1-10H2. The van der Waals surface area contributed by atoms with Crippen LogP contribution < -0.4 is 4.90 Å². The van der Waals surface area contributed by atoms with Crippen LogP contribution >= 0.6 is 11.3 Å². The number of carbonyl (C=O) groups is 1. The molecule has 1 fully saturated rings. The van der Waals surface area contributed by atoms with E-state index < -0.39 is 11.6 Å². The van der Waals surface area contributed by atoms with E-state index in [0.717, 1.165) is 55.7 Å². The summed E-state index contributed by atoms with van der Waals surface area (Å²) in [5.74, 6) is -0.649. The molecule has 0 radical (unpaired) electrons. The molecule has 5 rings (SSSR count). The van der Waals surface area contributed by atoms with Crippen molar-refractivity contribution in [2.75, 3.05) is 44.3 Å². The molecule has 0 bridgehead atoms. The average Bonchev–Trinajstić information content (AvgIpc) is 3.47. The number of anilines is 1. The van der Waals surface area contributed by atoms with Crippen molar-refractivity contribution in [3.8, 4) is 0 Å². The summed E-state index contributed by atoms with van der Waals surface area (Å²) in [7, 11) is 0. The maximum Gasteiger partial charge on any atom is 0.298 e. The number of nitrogens with zero attached hydrogens (tertiary/aromatic N) is 6. The van der Waals surface area contributed by atoms with E-state index in [0.29, 0.717) is 42.6 Å². The summed E-state index contributed by atoms with van der Waals surface area (Å²) < 4.78 is 35.5. The zero-order valence-corrected chi connectivity index (χ0v) is 17.7. The summed E-state index contributed by atoms with van der Waals surface area (Å²) in [4.78, 5) is 21.6. The molecule has 2 aliphatic rings. The molecular weight excluding hydrogens is 426 g/mol. The van der Waals surface area contributed by atoms with Gasteiger partial charge in [0, 0.05) is 45.2 Å². The number of hydrogen-bond acceptors (Lipinski definition) is 7. The van der Waals surface area contributed by atoms with Gasteiger partial charge in [-0.1, -0.05) is 11.3 Å². The highest BCUT2D eigenvalue weighted by Gasteiger charge is 2.29. The Balaban J connectivity index is 1.43. The number of rotatable bonds is 6. The van der Waals surface area contributed by atoms with Gasteiger partial charge >= 0.3 is 0 Å². The quantitative estimate of drug-likeness (QED) is 0.577. The van der Waals surface area contributed by atoms with E-state index in [1.165, 1.54) is 11.0 Å². The predicted octanol–water partition coefficient (Wildman–Crippen LogP) is 2.48. The number of carbonyl (C=O) groups excluding carboxylic acids is 1. The van der Waals surface area contributed by atoms with Gasteiger partial charge in [-0.3, -0.25) is 14.6 Å². The van der Waals surface area contributed by atoms with E-state index >= 15 is 0 Å². The van der Waals surface area contributed by atoms with Crippen molar-refractivity contribution < 1.29 is 18.3 Å². The first kappa shape index (κ1) is 20.4. The first-order valence-electron chi connectivity index (χ1n) is 10.4. The maximum atomic E-state index is 14.2. The van der Waals surface area contributed by atoms with Gasteiger partial charge < -0.3 is 9.30 Å². The van der Waals surface area contributed by atoms with Crippen LogP contribution in [-0.2, 0) is 17.7 Å². The molecule has 1 saturated heterocycles. The topological polar surface area (TPSA) is 76.4 Å².